The molecule has 1 aromatic heterocycles. The first-order valence-electron chi connectivity index (χ1n) is 4.18. The number of halogens is 1. The van der Waals surface area contributed by atoms with E-state index in [0.29, 0.717) is 12.1 Å². The zero-order chi connectivity index (χ0) is 9.68. The van der Waals surface area contributed by atoms with Gasteiger partial charge >= 0.3 is 0 Å². The summed E-state index contributed by atoms with van der Waals surface area (Å²) in [5.41, 5.74) is 0.449. The third-order valence-corrected chi connectivity index (χ3v) is 1.87. The Kier molecular flexibility index (Phi) is 3.58. The Bertz CT molecular complexity index is 286. The Morgan fingerprint density at radius 3 is 3.08 bits per heavy atom. The van der Waals surface area contributed by atoms with Crippen molar-refractivity contribution in [2.45, 2.75) is 12.5 Å². The van der Waals surface area contributed by atoms with Crippen LogP contribution >= 0.6 is 0 Å². The summed E-state index contributed by atoms with van der Waals surface area (Å²) in [7, 11) is 1.78. The molecule has 13 heavy (non-hydrogen) atoms. The van der Waals surface area contributed by atoms with Crippen molar-refractivity contribution in [3.63, 3.8) is 0 Å². The molecule has 0 fully saturated rings. The summed E-state index contributed by atoms with van der Waals surface area (Å²) in [5, 5.41) is 2.99. The van der Waals surface area contributed by atoms with E-state index in [0.717, 1.165) is 0 Å². The van der Waals surface area contributed by atoms with E-state index < -0.39 is 0 Å². The van der Waals surface area contributed by atoms with Crippen LogP contribution in [0.3, 0.4) is 0 Å². The molecule has 1 heterocycles. The van der Waals surface area contributed by atoms with Crippen molar-refractivity contribution >= 4 is 0 Å². The maximum atomic E-state index is 13.2. The average molecular weight is 180 g/mol. The highest BCUT2D eigenvalue weighted by atomic mass is 19.1. The molecule has 1 rings (SSSR count). The van der Waals surface area contributed by atoms with E-state index in [4.69, 9.17) is 0 Å². The highest BCUT2D eigenvalue weighted by Crippen LogP contribution is 2.16. The second-order valence-corrected chi connectivity index (χ2v) is 2.74. The van der Waals surface area contributed by atoms with E-state index >= 15 is 0 Å². The first-order valence-corrected chi connectivity index (χ1v) is 4.18. The van der Waals surface area contributed by atoms with Gasteiger partial charge in [0.15, 0.2) is 0 Å². The molecule has 0 radical (unpaired) electrons. The minimum absolute atomic E-state index is 0.0845. The number of hydrogen-bond acceptors (Lipinski definition) is 2. The summed E-state index contributed by atoms with van der Waals surface area (Å²) in [6, 6.07) is 2.91. The molecule has 0 saturated heterocycles. The molecule has 0 amide bonds. The van der Waals surface area contributed by atoms with Crippen LogP contribution < -0.4 is 5.32 Å². The van der Waals surface area contributed by atoms with Crippen molar-refractivity contribution in [1.82, 2.24) is 10.3 Å². The van der Waals surface area contributed by atoms with Crippen molar-refractivity contribution in [2.75, 3.05) is 7.05 Å². The predicted octanol–water partition coefficient (Wildman–Crippen LogP) is 2.06. The van der Waals surface area contributed by atoms with Gasteiger partial charge in [-0.25, -0.2) is 4.39 Å². The van der Waals surface area contributed by atoms with Crippen LogP contribution in [-0.4, -0.2) is 12.0 Å². The predicted molar refractivity (Wildman–Crippen MR) is 50.8 cm³/mol. The number of aromatic nitrogens is 1. The molecule has 0 aromatic carbocycles. The van der Waals surface area contributed by atoms with Gasteiger partial charge < -0.3 is 5.32 Å². The average Bonchev–Trinajstić information content (AvgIpc) is 2.16. The first-order chi connectivity index (χ1) is 6.29. The lowest BCUT2D eigenvalue weighted by molar-refractivity contribution is 0.522. The van der Waals surface area contributed by atoms with Gasteiger partial charge in [0.05, 0.1) is 11.7 Å². The van der Waals surface area contributed by atoms with Crippen molar-refractivity contribution in [2.24, 2.45) is 0 Å². The van der Waals surface area contributed by atoms with Crippen LogP contribution in [0.5, 0.6) is 0 Å². The van der Waals surface area contributed by atoms with Crippen molar-refractivity contribution in [3.05, 3.63) is 42.5 Å². The van der Waals surface area contributed by atoms with Gasteiger partial charge in [-0.05, 0) is 25.6 Å². The van der Waals surface area contributed by atoms with E-state index in [9.17, 15) is 4.39 Å². The van der Waals surface area contributed by atoms with Crippen LogP contribution in [0, 0.1) is 5.82 Å². The molecule has 0 aliphatic rings. The van der Waals surface area contributed by atoms with E-state index in [2.05, 4.69) is 16.9 Å². The third kappa shape index (κ3) is 2.36. The molecule has 2 nitrogen and oxygen atoms in total. The summed E-state index contributed by atoms with van der Waals surface area (Å²) in [6.07, 6.45) is 4.01. The Hall–Kier alpha value is -1.22. The molecule has 1 unspecified atom stereocenters. The van der Waals surface area contributed by atoms with E-state index in [1.165, 1.54) is 6.07 Å². The third-order valence-electron chi connectivity index (χ3n) is 1.87. The second-order valence-electron chi connectivity index (χ2n) is 2.74. The van der Waals surface area contributed by atoms with Gasteiger partial charge in [0.2, 0.25) is 0 Å². The highest BCUT2D eigenvalue weighted by molar-refractivity contribution is 5.12. The van der Waals surface area contributed by atoms with Crippen molar-refractivity contribution < 1.29 is 4.39 Å². The molecule has 70 valence electrons. The van der Waals surface area contributed by atoms with Gasteiger partial charge in [0.1, 0.15) is 5.82 Å². The topological polar surface area (TPSA) is 24.9 Å². The largest absolute Gasteiger partial charge is 0.311 e. The first kappa shape index (κ1) is 9.86. The maximum Gasteiger partial charge on any atom is 0.146 e. The van der Waals surface area contributed by atoms with Crippen LogP contribution in [0.25, 0.3) is 0 Å². The van der Waals surface area contributed by atoms with Gasteiger partial charge in [-0.3, -0.25) is 4.98 Å². The fourth-order valence-corrected chi connectivity index (χ4v) is 1.19. The fourth-order valence-electron chi connectivity index (χ4n) is 1.19. The summed E-state index contributed by atoms with van der Waals surface area (Å²) in [6.45, 7) is 3.61. The summed E-state index contributed by atoms with van der Waals surface area (Å²) < 4.78 is 13.2. The number of pyridine rings is 1. The quantitative estimate of drug-likeness (QED) is 0.717. The molecule has 0 spiro atoms. The van der Waals surface area contributed by atoms with Gasteiger partial charge in [-0.15, -0.1) is 6.58 Å². The molecule has 0 aliphatic heterocycles. The van der Waals surface area contributed by atoms with Crippen LogP contribution in [0.2, 0.25) is 0 Å². The lowest BCUT2D eigenvalue weighted by Gasteiger charge is -2.13. The van der Waals surface area contributed by atoms with E-state index in [1.807, 2.05) is 0 Å². The molecule has 1 aromatic rings. The minimum Gasteiger partial charge on any atom is -0.311 e. The van der Waals surface area contributed by atoms with E-state index in [1.54, 1.807) is 25.4 Å². The normalized spacial score (nSPS) is 12.5. The Morgan fingerprint density at radius 2 is 2.54 bits per heavy atom. The molecule has 1 atom stereocenters. The standard InChI is InChI=1S/C10H13FN2/c1-3-5-9(12-2)10-8(11)6-4-7-13-10/h3-4,6-7,9,12H,1,5H2,2H3. The van der Waals surface area contributed by atoms with Crippen LogP contribution in [0.15, 0.2) is 31.0 Å². The minimum atomic E-state index is -0.274. The smallest absolute Gasteiger partial charge is 0.146 e. The van der Waals surface area contributed by atoms with Gasteiger partial charge in [-0.1, -0.05) is 6.08 Å². The number of nitrogens with zero attached hydrogens (tertiary/aromatic N) is 1. The zero-order valence-corrected chi connectivity index (χ0v) is 7.63. The van der Waals surface area contributed by atoms with Crippen LogP contribution in [0.4, 0.5) is 4.39 Å². The summed E-state index contributed by atoms with van der Waals surface area (Å²) >= 11 is 0. The molecular weight excluding hydrogens is 167 g/mol. The van der Waals surface area contributed by atoms with Gasteiger partial charge in [-0.2, -0.15) is 0 Å². The van der Waals surface area contributed by atoms with Gasteiger partial charge in [0, 0.05) is 6.20 Å². The molecule has 1 N–H and O–H groups in total. The molecule has 3 heteroatoms. The summed E-state index contributed by atoms with van der Waals surface area (Å²) in [4.78, 5) is 3.98. The Morgan fingerprint density at radius 1 is 1.77 bits per heavy atom. The number of hydrogen-bond donors (Lipinski definition) is 1. The van der Waals surface area contributed by atoms with Crippen LogP contribution in [-0.2, 0) is 0 Å². The molecule has 0 saturated carbocycles. The monoisotopic (exact) mass is 180 g/mol. The SMILES string of the molecule is C=CCC(NC)c1ncccc1F. The molecular formula is C10H13FN2. The zero-order valence-electron chi connectivity index (χ0n) is 7.63. The highest BCUT2D eigenvalue weighted by Gasteiger charge is 2.12. The fraction of sp³-hybridized carbons (Fsp3) is 0.300. The maximum absolute atomic E-state index is 13.2. The van der Waals surface area contributed by atoms with Crippen molar-refractivity contribution in [3.8, 4) is 0 Å². The Labute approximate surface area is 77.5 Å². The Balaban J connectivity index is 2.90. The second kappa shape index (κ2) is 4.72. The number of rotatable bonds is 4. The van der Waals surface area contributed by atoms with Crippen LogP contribution in [0.1, 0.15) is 18.2 Å². The molecule has 0 aliphatic carbocycles. The molecule has 0 bridgehead atoms. The lowest BCUT2D eigenvalue weighted by Crippen LogP contribution is -2.18. The van der Waals surface area contributed by atoms with Gasteiger partial charge in [0.25, 0.3) is 0 Å². The lowest BCUT2D eigenvalue weighted by atomic mass is 10.1. The summed E-state index contributed by atoms with van der Waals surface area (Å²) in [5.74, 6) is -0.274. The van der Waals surface area contributed by atoms with Crippen molar-refractivity contribution in [1.29, 1.82) is 0 Å². The van der Waals surface area contributed by atoms with E-state index in [-0.39, 0.29) is 11.9 Å². The number of nitrogens with one attached hydrogen (secondary N) is 1.